The zero-order valence-corrected chi connectivity index (χ0v) is 15.2. The largest absolute Gasteiger partial charge is 0.444 e. The number of carbonyl (C=O) groups excluding carboxylic acids is 1. The second-order valence-corrected chi connectivity index (χ2v) is 7.62. The fraction of sp³-hybridized carbons (Fsp3) is 0.944. The van der Waals surface area contributed by atoms with Gasteiger partial charge in [0.2, 0.25) is 0 Å². The number of carbonyl (C=O) groups is 1. The van der Waals surface area contributed by atoms with Crippen molar-refractivity contribution in [3.63, 3.8) is 0 Å². The van der Waals surface area contributed by atoms with Gasteiger partial charge in [0.05, 0.1) is 0 Å². The van der Waals surface area contributed by atoms with Gasteiger partial charge in [-0.1, -0.05) is 33.1 Å². The molecule has 0 aromatic carbocycles. The van der Waals surface area contributed by atoms with Crippen LogP contribution in [0.3, 0.4) is 0 Å². The third-order valence-electron chi connectivity index (χ3n) is 4.62. The van der Waals surface area contributed by atoms with E-state index in [-0.39, 0.29) is 6.09 Å². The smallest absolute Gasteiger partial charge is 0.407 e. The molecule has 0 radical (unpaired) electrons. The standard InChI is InChI=1S/C18H36N2O2/c1-6-14(7-2)12-15(16-10-8-9-11-19-16)13-20-17(21)22-18(3,4)5/h14-16,19H,6-13H2,1-5H3,(H,20,21)/t15-,16+/m0/s1. The molecule has 1 heterocycles. The highest BCUT2D eigenvalue weighted by Crippen LogP contribution is 2.25. The summed E-state index contributed by atoms with van der Waals surface area (Å²) in [6.45, 7) is 12.0. The first-order valence-electron chi connectivity index (χ1n) is 9.06. The first kappa shape index (κ1) is 19.3. The Hall–Kier alpha value is -0.770. The summed E-state index contributed by atoms with van der Waals surface area (Å²) in [6, 6.07) is 0.532. The maximum absolute atomic E-state index is 11.9. The van der Waals surface area contributed by atoms with E-state index in [4.69, 9.17) is 4.74 Å². The Labute approximate surface area is 136 Å². The zero-order valence-electron chi connectivity index (χ0n) is 15.2. The highest BCUT2D eigenvalue weighted by molar-refractivity contribution is 5.67. The molecule has 1 aliphatic rings. The van der Waals surface area contributed by atoms with Crippen LogP contribution in [-0.4, -0.2) is 30.8 Å². The molecule has 0 aliphatic carbocycles. The first-order chi connectivity index (χ1) is 10.4. The minimum atomic E-state index is -0.432. The molecule has 4 heteroatoms. The van der Waals surface area contributed by atoms with E-state index in [0.29, 0.717) is 18.5 Å². The molecule has 0 aromatic heterocycles. The second-order valence-electron chi connectivity index (χ2n) is 7.62. The van der Waals surface area contributed by atoms with Crippen LogP contribution in [0.25, 0.3) is 0 Å². The molecule has 1 aliphatic heterocycles. The number of amides is 1. The summed E-state index contributed by atoms with van der Waals surface area (Å²) in [7, 11) is 0. The van der Waals surface area contributed by atoms with Crippen molar-refractivity contribution in [2.75, 3.05) is 13.1 Å². The number of rotatable bonds is 7. The summed E-state index contributed by atoms with van der Waals surface area (Å²) < 4.78 is 5.36. The Kier molecular flexibility index (Phi) is 8.23. The van der Waals surface area contributed by atoms with Gasteiger partial charge in [0, 0.05) is 12.6 Å². The van der Waals surface area contributed by atoms with Gasteiger partial charge in [-0.3, -0.25) is 0 Å². The zero-order chi connectivity index (χ0) is 16.6. The summed E-state index contributed by atoms with van der Waals surface area (Å²) >= 11 is 0. The fourth-order valence-electron chi connectivity index (χ4n) is 3.25. The average Bonchev–Trinajstić information content (AvgIpc) is 2.47. The Morgan fingerprint density at radius 1 is 1.27 bits per heavy atom. The van der Waals surface area contributed by atoms with Gasteiger partial charge in [-0.25, -0.2) is 4.79 Å². The van der Waals surface area contributed by atoms with Crippen molar-refractivity contribution in [2.24, 2.45) is 11.8 Å². The lowest BCUT2D eigenvalue weighted by Crippen LogP contribution is -2.46. The first-order valence-corrected chi connectivity index (χ1v) is 9.06. The molecule has 0 unspecified atom stereocenters. The molecule has 2 N–H and O–H groups in total. The number of alkyl carbamates (subject to hydrolysis) is 1. The summed E-state index contributed by atoms with van der Waals surface area (Å²) in [5, 5.41) is 6.64. The molecule has 0 spiro atoms. The molecule has 1 amide bonds. The van der Waals surface area contributed by atoms with Crippen LogP contribution in [0.15, 0.2) is 0 Å². The van der Waals surface area contributed by atoms with E-state index in [0.717, 1.165) is 12.5 Å². The molecule has 4 nitrogen and oxygen atoms in total. The lowest BCUT2D eigenvalue weighted by Gasteiger charge is -2.33. The molecule has 0 aromatic rings. The van der Waals surface area contributed by atoms with Crippen molar-refractivity contribution in [3.8, 4) is 0 Å². The van der Waals surface area contributed by atoms with Gasteiger partial charge in [-0.15, -0.1) is 0 Å². The highest BCUT2D eigenvalue weighted by atomic mass is 16.6. The Morgan fingerprint density at radius 2 is 1.95 bits per heavy atom. The number of ether oxygens (including phenoxy) is 1. The molecule has 1 rings (SSSR count). The van der Waals surface area contributed by atoms with Crippen LogP contribution in [0.5, 0.6) is 0 Å². The van der Waals surface area contributed by atoms with Crippen molar-refractivity contribution < 1.29 is 9.53 Å². The molecular weight excluding hydrogens is 276 g/mol. The van der Waals surface area contributed by atoms with Gasteiger partial charge in [0.25, 0.3) is 0 Å². The predicted molar refractivity (Wildman–Crippen MR) is 92.1 cm³/mol. The highest BCUT2D eigenvalue weighted by Gasteiger charge is 2.26. The minimum absolute atomic E-state index is 0.294. The van der Waals surface area contributed by atoms with Crippen LogP contribution in [0.2, 0.25) is 0 Å². The number of hydrogen-bond acceptors (Lipinski definition) is 3. The number of hydrogen-bond donors (Lipinski definition) is 2. The van der Waals surface area contributed by atoms with Crippen LogP contribution in [0, 0.1) is 11.8 Å². The van der Waals surface area contributed by atoms with Gasteiger partial charge < -0.3 is 15.4 Å². The molecule has 0 bridgehead atoms. The van der Waals surface area contributed by atoms with Crippen LogP contribution in [0.1, 0.15) is 73.1 Å². The minimum Gasteiger partial charge on any atom is -0.444 e. The fourth-order valence-corrected chi connectivity index (χ4v) is 3.25. The van der Waals surface area contributed by atoms with Gasteiger partial charge in [0.1, 0.15) is 5.60 Å². The monoisotopic (exact) mass is 312 g/mol. The molecule has 0 saturated carbocycles. The van der Waals surface area contributed by atoms with Gasteiger partial charge in [-0.05, 0) is 58.4 Å². The van der Waals surface area contributed by atoms with E-state index in [2.05, 4.69) is 24.5 Å². The average molecular weight is 312 g/mol. The predicted octanol–water partition coefficient (Wildman–Crippen LogP) is 4.10. The molecule has 1 saturated heterocycles. The summed E-state index contributed by atoms with van der Waals surface area (Å²) in [4.78, 5) is 11.9. The topological polar surface area (TPSA) is 50.4 Å². The molecule has 130 valence electrons. The third kappa shape index (κ3) is 7.48. The lowest BCUT2D eigenvalue weighted by atomic mass is 9.83. The van der Waals surface area contributed by atoms with Gasteiger partial charge in [0.15, 0.2) is 0 Å². The maximum atomic E-state index is 11.9. The Balaban J connectivity index is 2.55. The van der Waals surface area contributed by atoms with Crippen molar-refractivity contribution in [1.82, 2.24) is 10.6 Å². The molecule has 1 fully saturated rings. The van der Waals surface area contributed by atoms with E-state index < -0.39 is 5.60 Å². The lowest BCUT2D eigenvalue weighted by molar-refractivity contribution is 0.0510. The summed E-state index contributed by atoms with van der Waals surface area (Å²) in [5.74, 6) is 1.24. The van der Waals surface area contributed by atoms with E-state index >= 15 is 0 Å². The second kappa shape index (κ2) is 9.39. The van der Waals surface area contributed by atoms with Gasteiger partial charge >= 0.3 is 6.09 Å². The number of piperidine rings is 1. The molecule has 2 atom stereocenters. The van der Waals surface area contributed by atoms with Crippen LogP contribution in [-0.2, 0) is 4.74 Å². The van der Waals surface area contributed by atoms with Crippen molar-refractivity contribution in [2.45, 2.75) is 84.8 Å². The SMILES string of the molecule is CCC(CC)C[C@@H](CNC(=O)OC(C)(C)C)[C@H]1CCCCN1. The van der Waals surface area contributed by atoms with Crippen LogP contribution >= 0.6 is 0 Å². The van der Waals surface area contributed by atoms with Gasteiger partial charge in [-0.2, -0.15) is 0 Å². The summed E-state index contributed by atoms with van der Waals surface area (Å²) in [5.41, 5.74) is -0.432. The van der Waals surface area contributed by atoms with Crippen molar-refractivity contribution >= 4 is 6.09 Å². The van der Waals surface area contributed by atoms with Crippen LogP contribution in [0.4, 0.5) is 4.79 Å². The van der Waals surface area contributed by atoms with E-state index in [1.165, 1.54) is 38.5 Å². The van der Waals surface area contributed by atoms with Crippen LogP contribution < -0.4 is 10.6 Å². The summed E-state index contributed by atoms with van der Waals surface area (Å²) in [6.07, 6.45) is 7.11. The third-order valence-corrected chi connectivity index (χ3v) is 4.62. The number of nitrogens with one attached hydrogen (secondary N) is 2. The van der Waals surface area contributed by atoms with Crippen molar-refractivity contribution in [3.05, 3.63) is 0 Å². The Morgan fingerprint density at radius 3 is 2.45 bits per heavy atom. The quantitative estimate of drug-likeness (QED) is 0.744. The normalized spacial score (nSPS) is 20.7. The van der Waals surface area contributed by atoms with E-state index in [1.54, 1.807) is 0 Å². The van der Waals surface area contributed by atoms with E-state index in [9.17, 15) is 4.79 Å². The maximum Gasteiger partial charge on any atom is 0.407 e. The Bertz CT molecular complexity index is 316. The molecular formula is C18H36N2O2. The van der Waals surface area contributed by atoms with E-state index in [1.807, 2.05) is 20.8 Å². The van der Waals surface area contributed by atoms with Crippen molar-refractivity contribution in [1.29, 1.82) is 0 Å². The molecule has 22 heavy (non-hydrogen) atoms.